The van der Waals surface area contributed by atoms with Crippen LogP contribution < -0.4 is 14.9 Å². The number of rotatable bonds is 3. The minimum Gasteiger partial charge on any atom is -0.466 e. The maximum Gasteiger partial charge on any atom is 0.338 e. The van der Waals surface area contributed by atoms with Gasteiger partial charge in [0, 0.05) is 14.9 Å². The molecule has 0 N–H and O–H groups in total. The first-order valence-corrected chi connectivity index (χ1v) is 10.9. The number of allylic oxidation sites excluding steroid dienone is 1. The van der Waals surface area contributed by atoms with E-state index < -0.39 is 12.0 Å². The summed E-state index contributed by atoms with van der Waals surface area (Å²) < 4.78 is 6.98. The number of benzene rings is 1. The van der Waals surface area contributed by atoms with E-state index in [9.17, 15) is 9.59 Å². The molecular formula is C20H14Cl2N2O3S2. The summed E-state index contributed by atoms with van der Waals surface area (Å²) in [6, 6.07) is 8.29. The van der Waals surface area contributed by atoms with Gasteiger partial charge in [-0.3, -0.25) is 9.36 Å². The van der Waals surface area contributed by atoms with Crippen LogP contribution >= 0.6 is 45.9 Å². The molecule has 9 heteroatoms. The second-order valence-corrected chi connectivity index (χ2v) is 9.09. The number of hydrogen-bond acceptors (Lipinski definition) is 6. The average molecular weight is 465 g/mol. The fourth-order valence-electron chi connectivity index (χ4n) is 3.17. The zero-order valence-corrected chi connectivity index (χ0v) is 18.5. The van der Waals surface area contributed by atoms with Gasteiger partial charge < -0.3 is 4.74 Å². The monoisotopic (exact) mass is 464 g/mol. The summed E-state index contributed by atoms with van der Waals surface area (Å²) in [5.41, 5.74) is 1.33. The van der Waals surface area contributed by atoms with Crippen LogP contribution in [0.25, 0.3) is 6.08 Å². The Kier molecular flexibility index (Phi) is 5.48. The summed E-state index contributed by atoms with van der Waals surface area (Å²) in [6.45, 7) is 1.75. The number of ether oxygens (including phenoxy) is 1. The molecule has 1 atom stereocenters. The van der Waals surface area contributed by atoms with E-state index in [0.29, 0.717) is 36.2 Å². The zero-order chi connectivity index (χ0) is 20.7. The molecule has 0 spiro atoms. The second kappa shape index (κ2) is 7.91. The van der Waals surface area contributed by atoms with Crippen LogP contribution in [0.1, 0.15) is 23.4 Å². The summed E-state index contributed by atoms with van der Waals surface area (Å²) >= 11 is 14.9. The molecule has 1 aliphatic heterocycles. The van der Waals surface area contributed by atoms with Gasteiger partial charge in [0.2, 0.25) is 0 Å². The second-order valence-electron chi connectivity index (χ2n) is 6.25. The number of esters is 1. The molecule has 0 bridgehead atoms. The maximum atomic E-state index is 13.3. The lowest BCUT2D eigenvalue weighted by Crippen LogP contribution is -2.39. The van der Waals surface area contributed by atoms with Gasteiger partial charge in [0.05, 0.1) is 22.9 Å². The summed E-state index contributed by atoms with van der Waals surface area (Å²) in [5.74, 6) is -0.500. The van der Waals surface area contributed by atoms with Crippen LogP contribution in [0.3, 0.4) is 0 Å². The van der Waals surface area contributed by atoms with Crippen molar-refractivity contribution in [2.75, 3.05) is 7.11 Å². The number of carbonyl (C=O) groups is 1. The fourth-order valence-corrected chi connectivity index (χ4v) is 5.49. The van der Waals surface area contributed by atoms with Crippen molar-refractivity contribution >= 4 is 57.9 Å². The van der Waals surface area contributed by atoms with Gasteiger partial charge in [-0.05, 0) is 42.1 Å². The smallest absolute Gasteiger partial charge is 0.338 e. The highest BCUT2D eigenvalue weighted by atomic mass is 35.5. The predicted molar refractivity (Wildman–Crippen MR) is 117 cm³/mol. The van der Waals surface area contributed by atoms with Crippen molar-refractivity contribution in [2.24, 2.45) is 4.99 Å². The molecule has 29 heavy (non-hydrogen) atoms. The molecular weight excluding hydrogens is 451 g/mol. The molecule has 148 valence electrons. The highest BCUT2D eigenvalue weighted by Gasteiger charge is 2.33. The molecule has 0 fully saturated rings. The van der Waals surface area contributed by atoms with Crippen LogP contribution in [-0.2, 0) is 9.53 Å². The van der Waals surface area contributed by atoms with E-state index in [1.54, 1.807) is 35.8 Å². The molecule has 3 aromatic rings. The van der Waals surface area contributed by atoms with Crippen LogP contribution in [0, 0.1) is 0 Å². The van der Waals surface area contributed by atoms with Gasteiger partial charge in [-0.1, -0.05) is 46.7 Å². The number of nitrogens with zero attached hydrogens (tertiary/aromatic N) is 2. The Morgan fingerprint density at radius 3 is 2.76 bits per heavy atom. The Bertz CT molecular complexity index is 1320. The van der Waals surface area contributed by atoms with Crippen molar-refractivity contribution < 1.29 is 9.53 Å². The van der Waals surface area contributed by atoms with Crippen LogP contribution in [0.4, 0.5) is 0 Å². The predicted octanol–water partition coefficient (Wildman–Crippen LogP) is 3.78. The highest BCUT2D eigenvalue weighted by Crippen LogP contribution is 2.33. The first-order valence-electron chi connectivity index (χ1n) is 8.50. The molecule has 1 aliphatic rings. The summed E-state index contributed by atoms with van der Waals surface area (Å²) in [6.07, 6.45) is 1.71. The van der Waals surface area contributed by atoms with E-state index in [0.717, 1.165) is 4.88 Å². The van der Waals surface area contributed by atoms with Gasteiger partial charge in [-0.2, -0.15) is 0 Å². The van der Waals surface area contributed by atoms with E-state index >= 15 is 0 Å². The molecule has 4 rings (SSSR count). The number of thiophene rings is 1. The molecule has 0 amide bonds. The fraction of sp³-hybridized carbons (Fsp3) is 0.150. The van der Waals surface area contributed by atoms with Crippen molar-refractivity contribution in [1.29, 1.82) is 0 Å². The third-order valence-electron chi connectivity index (χ3n) is 4.49. The molecule has 1 unspecified atom stereocenters. The third kappa shape index (κ3) is 3.59. The number of halogens is 2. The van der Waals surface area contributed by atoms with Gasteiger partial charge in [-0.15, -0.1) is 11.3 Å². The average Bonchev–Trinajstić information content (AvgIpc) is 3.31. The van der Waals surface area contributed by atoms with Crippen LogP contribution in [0.5, 0.6) is 0 Å². The van der Waals surface area contributed by atoms with E-state index in [1.807, 2.05) is 17.5 Å². The molecule has 3 heterocycles. The van der Waals surface area contributed by atoms with Crippen molar-refractivity contribution in [2.45, 2.75) is 13.0 Å². The van der Waals surface area contributed by atoms with Crippen molar-refractivity contribution in [1.82, 2.24) is 4.57 Å². The lowest BCUT2D eigenvalue weighted by Gasteiger charge is -2.22. The molecule has 0 aliphatic carbocycles. The highest BCUT2D eigenvalue weighted by molar-refractivity contribution is 7.10. The van der Waals surface area contributed by atoms with Gasteiger partial charge in [-0.25, -0.2) is 9.79 Å². The summed E-state index contributed by atoms with van der Waals surface area (Å²) in [7, 11) is 1.32. The van der Waals surface area contributed by atoms with Crippen LogP contribution in [0.2, 0.25) is 10.0 Å². The van der Waals surface area contributed by atoms with Crippen molar-refractivity contribution in [3.63, 3.8) is 0 Å². The maximum absolute atomic E-state index is 13.3. The third-order valence-corrected chi connectivity index (χ3v) is 6.96. The molecule has 2 aromatic heterocycles. The van der Waals surface area contributed by atoms with E-state index in [-0.39, 0.29) is 5.56 Å². The molecule has 0 radical (unpaired) electrons. The topological polar surface area (TPSA) is 60.7 Å². The Balaban J connectivity index is 1.97. The minimum atomic E-state index is -0.582. The standard InChI is InChI=1S/C20H14Cl2N2O3S2/c1-10-16(19(26)27-2)17(14-4-3-7-28-14)24-18(25)15(29-20(24)23-10)8-11-5-6-12(21)9-13(11)22/h3-9,17H,1-2H3/b15-8+. The molecule has 0 saturated heterocycles. The van der Waals surface area contributed by atoms with Crippen molar-refractivity contribution in [3.8, 4) is 0 Å². The number of hydrogen-bond donors (Lipinski definition) is 0. The van der Waals surface area contributed by atoms with Gasteiger partial charge in [0.15, 0.2) is 4.80 Å². The molecule has 1 aromatic carbocycles. The number of fused-ring (bicyclic) bond motifs is 1. The Morgan fingerprint density at radius 2 is 2.10 bits per heavy atom. The minimum absolute atomic E-state index is 0.243. The molecule has 5 nitrogen and oxygen atoms in total. The first kappa shape index (κ1) is 20.1. The van der Waals surface area contributed by atoms with Crippen LogP contribution in [0.15, 0.2) is 56.8 Å². The van der Waals surface area contributed by atoms with Gasteiger partial charge >= 0.3 is 5.97 Å². The van der Waals surface area contributed by atoms with E-state index in [1.165, 1.54) is 29.8 Å². The Hall–Kier alpha value is -2.19. The summed E-state index contributed by atoms with van der Waals surface area (Å²) in [5, 5.41) is 2.87. The SMILES string of the molecule is COC(=O)C1=C(C)N=c2s/c(=C/c3ccc(Cl)cc3Cl)c(=O)n2C1c1cccs1. The number of carbonyl (C=O) groups excluding carboxylic acids is 1. The van der Waals surface area contributed by atoms with Gasteiger partial charge in [0.1, 0.15) is 6.04 Å². The lowest BCUT2D eigenvalue weighted by molar-refractivity contribution is -0.136. The first-order chi connectivity index (χ1) is 13.9. The quantitative estimate of drug-likeness (QED) is 0.554. The summed E-state index contributed by atoms with van der Waals surface area (Å²) in [4.78, 5) is 31.7. The van der Waals surface area contributed by atoms with Crippen molar-refractivity contribution in [3.05, 3.63) is 87.2 Å². The largest absolute Gasteiger partial charge is 0.466 e. The lowest BCUT2D eigenvalue weighted by atomic mass is 10.0. The normalized spacial score (nSPS) is 16.6. The van der Waals surface area contributed by atoms with E-state index in [4.69, 9.17) is 27.9 Å². The van der Waals surface area contributed by atoms with Crippen LogP contribution in [-0.4, -0.2) is 17.6 Å². The Morgan fingerprint density at radius 1 is 1.31 bits per heavy atom. The number of methoxy groups -OCH3 is 1. The Labute approximate surface area is 183 Å². The number of thiazole rings is 1. The molecule has 0 saturated carbocycles. The zero-order valence-electron chi connectivity index (χ0n) is 15.3. The van der Waals surface area contributed by atoms with E-state index in [2.05, 4.69) is 4.99 Å². The number of aromatic nitrogens is 1. The van der Waals surface area contributed by atoms with Gasteiger partial charge in [0.25, 0.3) is 5.56 Å².